The van der Waals surface area contributed by atoms with E-state index in [9.17, 15) is 0 Å². The first-order valence-corrected chi connectivity index (χ1v) is 4.10. The topological polar surface area (TPSA) is 53.9 Å². The zero-order chi connectivity index (χ0) is 9.10. The lowest BCUT2D eigenvalue weighted by Gasteiger charge is -2.00. The van der Waals surface area contributed by atoms with Crippen molar-refractivity contribution in [1.82, 2.24) is 9.97 Å². The zero-order valence-corrected chi connectivity index (χ0v) is 7.47. The van der Waals surface area contributed by atoms with Crippen molar-refractivity contribution in [3.8, 4) is 0 Å². The van der Waals surface area contributed by atoms with Crippen molar-refractivity contribution in [3.63, 3.8) is 0 Å². The van der Waals surface area contributed by atoms with Crippen LogP contribution < -0.4 is 5.32 Å². The van der Waals surface area contributed by atoms with Crippen LogP contribution in [0.4, 0.5) is 5.95 Å². The number of anilines is 1. The fourth-order valence-corrected chi connectivity index (χ4v) is 1.12. The van der Waals surface area contributed by atoms with Gasteiger partial charge in [0.15, 0.2) is 0 Å². The van der Waals surface area contributed by atoms with E-state index in [0.717, 1.165) is 5.56 Å². The average Bonchev–Trinajstić information content (AvgIpc) is 2.74. The second-order valence-electron chi connectivity index (χ2n) is 2.40. The number of imidazole rings is 1. The molecule has 5 heteroatoms. The van der Waals surface area contributed by atoms with Gasteiger partial charge in [-0.1, -0.05) is 12.2 Å². The molecule has 2 rings (SSSR count). The molecule has 0 atom stereocenters. The third-order valence-corrected chi connectivity index (χ3v) is 1.85. The van der Waals surface area contributed by atoms with E-state index in [4.69, 9.17) is 16.6 Å². The number of aromatic amines is 1. The Bertz CT molecular complexity index is 379. The van der Waals surface area contributed by atoms with E-state index in [1.807, 2.05) is 0 Å². The van der Waals surface area contributed by atoms with Crippen LogP contribution >= 0.6 is 12.2 Å². The number of furan rings is 1. The highest BCUT2D eigenvalue weighted by Gasteiger charge is 2.02. The van der Waals surface area contributed by atoms with E-state index in [2.05, 4.69) is 15.3 Å². The molecular weight excluding hydrogens is 186 g/mol. The molecular formula is C8H7N3OS. The maximum Gasteiger partial charge on any atom is 0.205 e. The summed E-state index contributed by atoms with van der Waals surface area (Å²) in [5, 5.41) is 2.93. The summed E-state index contributed by atoms with van der Waals surface area (Å²) >= 11 is 5.09. The van der Waals surface area contributed by atoms with E-state index < -0.39 is 0 Å². The molecule has 0 unspecified atom stereocenters. The molecule has 0 saturated carbocycles. The smallest absolute Gasteiger partial charge is 0.205 e. The van der Waals surface area contributed by atoms with Crippen molar-refractivity contribution < 1.29 is 4.42 Å². The van der Waals surface area contributed by atoms with Gasteiger partial charge in [-0.25, -0.2) is 4.98 Å². The zero-order valence-electron chi connectivity index (χ0n) is 6.65. The predicted octanol–water partition coefficient (Wildman–Crippen LogP) is 1.79. The Hall–Kier alpha value is -1.62. The molecule has 0 aromatic carbocycles. The SMILES string of the molecule is S=C(Nc1ncc[nH]1)c1ccoc1. The molecule has 0 aliphatic heterocycles. The first-order chi connectivity index (χ1) is 6.36. The number of rotatable bonds is 2. The standard InChI is InChI=1S/C8H7N3OS/c13-7(6-1-4-12-5-6)11-8-9-2-3-10-8/h1-5H,(H2,9,10,11,13). The molecule has 0 spiro atoms. The molecule has 66 valence electrons. The number of hydrogen-bond acceptors (Lipinski definition) is 3. The van der Waals surface area contributed by atoms with Gasteiger partial charge in [-0.05, 0) is 6.07 Å². The first kappa shape index (κ1) is 8.00. The number of thiocarbonyl (C=S) groups is 1. The molecule has 0 aliphatic carbocycles. The molecule has 13 heavy (non-hydrogen) atoms. The predicted molar refractivity (Wildman–Crippen MR) is 52.6 cm³/mol. The number of H-pyrrole nitrogens is 1. The van der Waals surface area contributed by atoms with Crippen molar-refractivity contribution in [2.45, 2.75) is 0 Å². The van der Waals surface area contributed by atoms with Crippen LogP contribution in [0.1, 0.15) is 5.56 Å². The maximum atomic E-state index is 5.09. The summed E-state index contributed by atoms with van der Waals surface area (Å²) in [5.41, 5.74) is 0.839. The van der Waals surface area contributed by atoms with E-state index in [-0.39, 0.29) is 0 Å². The Morgan fingerprint density at radius 2 is 2.54 bits per heavy atom. The van der Waals surface area contributed by atoms with Crippen molar-refractivity contribution in [1.29, 1.82) is 0 Å². The molecule has 4 nitrogen and oxygen atoms in total. The van der Waals surface area contributed by atoms with Gasteiger partial charge in [0, 0.05) is 18.0 Å². The quantitative estimate of drug-likeness (QED) is 0.714. The summed E-state index contributed by atoms with van der Waals surface area (Å²) in [6.45, 7) is 0. The fourth-order valence-electron chi connectivity index (χ4n) is 0.907. The van der Waals surface area contributed by atoms with E-state index in [1.165, 1.54) is 0 Å². The van der Waals surface area contributed by atoms with E-state index in [0.29, 0.717) is 10.9 Å². The van der Waals surface area contributed by atoms with Crippen LogP contribution in [-0.4, -0.2) is 15.0 Å². The molecule has 2 N–H and O–H groups in total. The second-order valence-corrected chi connectivity index (χ2v) is 2.81. The molecule has 0 fully saturated rings. The monoisotopic (exact) mass is 193 g/mol. The largest absolute Gasteiger partial charge is 0.472 e. The van der Waals surface area contributed by atoms with Crippen LogP contribution in [0.5, 0.6) is 0 Å². The maximum absolute atomic E-state index is 5.09. The van der Waals surface area contributed by atoms with Crippen LogP contribution in [0.15, 0.2) is 35.4 Å². The van der Waals surface area contributed by atoms with Crippen molar-refractivity contribution >= 4 is 23.2 Å². The van der Waals surface area contributed by atoms with Crippen molar-refractivity contribution in [2.24, 2.45) is 0 Å². The molecule has 0 saturated heterocycles. The second kappa shape index (κ2) is 3.40. The third-order valence-electron chi connectivity index (χ3n) is 1.51. The van der Waals surface area contributed by atoms with Crippen LogP contribution in [-0.2, 0) is 0 Å². The highest BCUT2D eigenvalue weighted by atomic mass is 32.1. The Morgan fingerprint density at radius 3 is 3.15 bits per heavy atom. The van der Waals surface area contributed by atoms with E-state index in [1.54, 1.807) is 31.0 Å². The summed E-state index contributed by atoms with van der Waals surface area (Å²) in [7, 11) is 0. The first-order valence-electron chi connectivity index (χ1n) is 3.69. The lowest BCUT2D eigenvalue weighted by Crippen LogP contribution is -2.10. The molecule has 0 aliphatic rings. The van der Waals surface area contributed by atoms with Crippen LogP contribution in [0, 0.1) is 0 Å². The molecule has 0 radical (unpaired) electrons. The number of nitrogens with zero attached hydrogens (tertiary/aromatic N) is 1. The van der Waals surface area contributed by atoms with Crippen LogP contribution in [0.2, 0.25) is 0 Å². The molecule has 2 aromatic rings. The van der Waals surface area contributed by atoms with Crippen LogP contribution in [0.25, 0.3) is 0 Å². The van der Waals surface area contributed by atoms with Gasteiger partial charge in [0.1, 0.15) is 11.3 Å². The molecule has 0 amide bonds. The Kier molecular flexibility index (Phi) is 2.09. The van der Waals surface area contributed by atoms with E-state index >= 15 is 0 Å². The molecule has 2 aromatic heterocycles. The van der Waals surface area contributed by atoms with Crippen molar-refractivity contribution in [2.75, 3.05) is 5.32 Å². The minimum absolute atomic E-state index is 0.587. The van der Waals surface area contributed by atoms with Gasteiger partial charge in [-0.2, -0.15) is 0 Å². The summed E-state index contributed by atoms with van der Waals surface area (Å²) < 4.78 is 4.90. The number of aromatic nitrogens is 2. The van der Waals surface area contributed by atoms with Gasteiger partial charge in [0.05, 0.1) is 6.26 Å². The lowest BCUT2D eigenvalue weighted by atomic mass is 10.3. The van der Waals surface area contributed by atoms with Crippen molar-refractivity contribution in [3.05, 3.63) is 36.5 Å². The molecule has 0 bridgehead atoms. The van der Waals surface area contributed by atoms with Gasteiger partial charge in [0.2, 0.25) is 5.95 Å². The van der Waals surface area contributed by atoms with Crippen LogP contribution in [0.3, 0.4) is 0 Å². The number of nitrogens with one attached hydrogen (secondary N) is 2. The molecule has 2 heterocycles. The highest BCUT2D eigenvalue weighted by molar-refractivity contribution is 7.81. The minimum Gasteiger partial charge on any atom is -0.472 e. The highest BCUT2D eigenvalue weighted by Crippen LogP contribution is 2.05. The summed E-state index contributed by atoms with van der Waals surface area (Å²) in [6, 6.07) is 1.79. The lowest BCUT2D eigenvalue weighted by molar-refractivity contribution is 0.567. The fraction of sp³-hybridized carbons (Fsp3) is 0. The normalized spacial score (nSPS) is 9.85. The third kappa shape index (κ3) is 1.75. The Labute approximate surface area is 80.0 Å². The van der Waals surface area contributed by atoms with Gasteiger partial charge in [-0.15, -0.1) is 0 Å². The van der Waals surface area contributed by atoms with Gasteiger partial charge in [-0.3, -0.25) is 0 Å². The number of hydrogen-bond donors (Lipinski definition) is 2. The summed E-state index contributed by atoms with van der Waals surface area (Å²) in [4.78, 5) is 7.46. The summed E-state index contributed by atoms with van der Waals surface area (Å²) in [5.74, 6) is 0.631. The average molecular weight is 193 g/mol. The Morgan fingerprint density at radius 1 is 1.62 bits per heavy atom. The Balaban J connectivity index is 2.08. The van der Waals surface area contributed by atoms with Gasteiger partial charge in [0.25, 0.3) is 0 Å². The minimum atomic E-state index is 0.587. The van der Waals surface area contributed by atoms with Gasteiger partial charge >= 0.3 is 0 Å². The summed E-state index contributed by atoms with van der Waals surface area (Å²) in [6.07, 6.45) is 6.53. The van der Waals surface area contributed by atoms with Gasteiger partial charge < -0.3 is 14.7 Å².